The molecule has 2 rings (SSSR count). The second-order valence-corrected chi connectivity index (χ2v) is 4.41. The lowest BCUT2D eigenvalue weighted by molar-refractivity contribution is -0.160. The highest BCUT2D eigenvalue weighted by atomic mass is 16.5. The van der Waals surface area contributed by atoms with Gasteiger partial charge in [0.25, 0.3) is 0 Å². The van der Waals surface area contributed by atoms with E-state index in [2.05, 4.69) is 4.74 Å². The number of nitrogens with zero attached hydrogens (tertiary/aromatic N) is 1. The van der Waals surface area contributed by atoms with E-state index in [9.17, 15) is 9.59 Å². The average Bonchev–Trinajstić information content (AvgIpc) is 2.46. The van der Waals surface area contributed by atoms with Crippen LogP contribution in [0.15, 0.2) is 30.3 Å². The largest absolute Gasteiger partial charge is 0.462 e. The number of ether oxygens (including phenoxy) is 1. The number of carbonyl (C=O) groups is 2. The van der Waals surface area contributed by atoms with Gasteiger partial charge in [-0.15, -0.1) is 0 Å². The van der Waals surface area contributed by atoms with Gasteiger partial charge in [0.05, 0.1) is 13.2 Å². The predicted molar refractivity (Wildman–Crippen MR) is 66.8 cm³/mol. The Morgan fingerprint density at radius 1 is 1.22 bits per heavy atom. The van der Waals surface area contributed by atoms with Crippen LogP contribution in [0.1, 0.15) is 30.9 Å². The van der Waals surface area contributed by atoms with Gasteiger partial charge in [-0.3, -0.25) is 4.79 Å². The van der Waals surface area contributed by atoms with Crippen molar-refractivity contribution in [2.75, 3.05) is 13.7 Å². The Kier molecular flexibility index (Phi) is 3.97. The van der Waals surface area contributed by atoms with Crippen molar-refractivity contribution in [3.8, 4) is 0 Å². The molecule has 0 N–H and O–H groups in total. The van der Waals surface area contributed by atoms with Crippen molar-refractivity contribution in [1.29, 1.82) is 0 Å². The molecule has 1 aromatic carbocycles. The summed E-state index contributed by atoms with van der Waals surface area (Å²) in [6, 6.07) is 9.82. The maximum absolute atomic E-state index is 12.0. The molecule has 1 aliphatic heterocycles. The molecule has 1 saturated heterocycles. The van der Waals surface area contributed by atoms with Crippen LogP contribution in [-0.4, -0.2) is 30.4 Å². The first-order valence-corrected chi connectivity index (χ1v) is 6.18. The molecule has 1 atom stereocenters. The van der Waals surface area contributed by atoms with E-state index in [4.69, 9.17) is 0 Å². The maximum Gasteiger partial charge on any atom is 0.396 e. The summed E-state index contributed by atoms with van der Waals surface area (Å²) < 4.78 is 4.52. The topological polar surface area (TPSA) is 46.6 Å². The van der Waals surface area contributed by atoms with Crippen molar-refractivity contribution >= 4 is 11.9 Å². The third-order valence-corrected chi connectivity index (χ3v) is 3.31. The monoisotopic (exact) mass is 247 g/mol. The second-order valence-electron chi connectivity index (χ2n) is 4.41. The number of hydrogen-bond donors (Lipinski definition) is 0. The van der Waals surface area contributed by atoms with E-state index < -0.39 is 11.9 Å². The SMILES string of the molecule is COC(=O)C(=O)N1CCCC[C@H]1c1ccccc1. The zero-order chi connectivity index (χ0) is 13.0. The fourth-order valence-corrected chi connectivity index (χ4v) is 2.40. The molecule has 4 nitrogen and oxygen atoms in total. The summed E-state index contributed by atoms with van der Waals surface area (Å²) in [4.78, 5) is 25.0. The van der Waals surface area contributed by atoms with Gasteiger partial charge < -0.3 is 9.64 Å². The lowest BCUT2D eigenvalue weighted by Gasteiger charge is -2.35. The first kappa shape index (κ1) is 12.6. The zero-order valence-electron chi connectivity index (χ0n) is 10.5. The molecule has 1 aliphatic rings. The molecule has 0 aliphatic carbocycles. The van der Waals surface area contributed by atoms with Crippen molar-refractivity contribution in [2.24, 2.45) is 0 Å². The normalized spacial score (nSPS) is 19.4. The highest BCUT2D eigenvalue weighted by Crippen LogP contribution is 2.30. The van der Waals surface area contributed by atoms with Gasteiger partial charge in [-0.2, -0.15) is 0 Å². The van der Waals surface area contributed by atoms with E-state index in [1.807, 2.05) is 30.3 Å². The van der Waals surface area contributed by atoms with Crippen LogP contribution in [0, 0.1) is 0 Å². The van der Waals surface area contributed by atoms with Crippen LogP contribution < -0.4 is 0 Å². The van der Waals surface area contributed by atoms with E-state index in [0.717, 1.165) is 24.8 Å². The number of carbonyl (C=O) groups excluding carboxylic acids is 2. The van der Waals surface area contributed by atoms with E-state index >= 15 is 0 Å². The van der Waals surface area contributed by atoms with Crippen molar-refractivity contribution in [3.63, 3.8) is 0 Å². The number of likely N-dealkylation sites (tertiary alicyclic amines) is 1. The Hall–Kier alpha value is -1.84. The summed E-state index contributed by atoms with van der Waals surface area (Å²) in [5, 5.41) is 0. The predicted octanol–water partition coefficient (Wildman–Crippen LogP) is 1.91. The van der Waals surface area contributed by atoms with Crippen molar-refractivity contribution in [2.45, 2.75) is 25.3 Å². The van der Waals surface area contributed by atoms with Gasteiger partial charge in [0.1, 0.15) is 0 Å². The molecule has 1 heterocycles. The van der Waals surface area contributed by atoms with Crippen LogP contribution in [0.2, 0.25) is 0 Å². The zero-order valence-corrected chi connectivity index (χ0v) is 10.5. The Labute approximate surface area is 107 Å². The molecule has 4 heteroatoms. The lowest BCUT2D eigenvalue weighted by atomic mass is 9.95. The Bertz CT molecular complexity index is 430. The van der Waals surface area contributed by atoms with Gasteiger partial charge in [0.15, 0.2) is 0 Å². The number of hydrogen-bond acceptors (Lipinski definition) is 3. The van der Waals surface area contributed by atoms with Gasteiger partial charge in [-0.05, 0) is 24.8 Å². The molecule has 0 saturated carbocycles. The summed E-state index contributed by atoms with van der Waals surface area (Å²) in [6.07, 6.45) is 2.91. The van der Waals surface area contributed by atoms with Crippen LogP contribution in [-0.2, 0) is 14.3 Å². The highest BCUT2D eigenvalue weighted by Gasteiger charge is 2.31. The van der Waals surface area contributed by atoms with E-state index in [1.165, 1.54) is 7.11 Å². The van der Waals surface area contributed by atoms with Gasteiger partial charge in [0, 0.05) is 6.54 Å². The fourth-order valence-electron chi connectivity index (χ4n) is 2.40. The smallest absolute Gasteiger partial charge is 0.396 e. The Balaban J connectivity index is 2.21. The highest BCUT2D eigenvalue weighted by molar-refractivity contribution is 6.32. The molecule has 0 radical (unpaired) electrons. The van der Waals surface area contributed by atoms with Gasteiger partial charge in [-0.1, -0.05) is 30.3 Å². The van der Waals surface area contributed by atoms with Gasteiger partial charge in [-0.25, -0.2) is 4.79 Å². The van der Waals surface area contributed by atoms with Crippen molar-refractivity contribution in [1.82, 2.24) is 4.90 Å². The molecular formula is C14H17NO3. The van der Waals surface area contributed by atoms with E-state index in [0.29, 0.717) is 6.54 Å². The molecule has 0 spiro atoms. The number of piperidine rings is 1. The van der Waals surface area contributed by atoms with Crippen LogP contribution in [0.4, 0.5) is 0 Å². The molecule has 0 aromatic heterocycles. The first-order valence-electron chi connectivity index (χ1n) is 6.18. The van der Waals surface area contributed by atoms with Gasteiger partial charge >= 0.3 is 11.9 Å². The Morgan fingerprint density at radius 2 is 1.94 bits per heavy atom. The summed E-state index contributed by atoms with van der Waals surface area (Å²) in [7, 11) is 1.24. The van der Waals surface area contributed by atoms with Crippen molar-refractivity contribution in [3.05, 3.63) is 35.9 Å². The van der Waals surface area contributed by atoms with Gasteiger partial charge in [0.2, 0.25) is 0 Å². The minimum atomic E-state index is -0.780. The summed E-state index contributed by atoms with van der Waals surface area (Å²) in [5.74, 6) is -1.32. The lowest BCUT2D eigenvalue weighted by Crippen LogP contribution is -2.42. The van der Waals surface area contributed by atoms with Crippen LogP contribution in [0.3, 0.4) is 0 Å². The Morgan fingerprint density at radius 3 is 2.61 bits per heavy atom. The van der Waals surface area contributed by atoms with Crippen LogP contribution >= 0.6 is 0 Å². The number of methoxy groups -OCH3 is 1. The number of benzene rings is 1. The molecule has 0 bridgehead atoms. The molecule has 96 valence electrons. The number of rotatable bonds is 1. The molecule has 1 amide bonds. The third-order valence-electron chi connectivity index (χ3n) is 3.31. The van der Waals surface area contributed by atoms with E-state index in [1.54, 1.807) is 4.90 Å². The minimum absolute atomic E-state index is 0.00782. The van der Waals surface area contributed by atoms with Crippen LogP contribution in [0.5, 0.6) is 0 Å². The summed E-state index contributed by atoms with van der Waals surface area (Å²) in [6.45, 7) is 0.619. The average molecular weight is 247 g/mol. The fraction of sp³-hybridized carbons (Fsp3) is 0.429. The number of esters is 1. The molecular weight excluding hydrogens is 230 g/mol. The second kappa shape index (κ2) is 5.67. The van der Waals surface area contributed by atoms with Crippen LogP contribution in [0.25, 0.3) is 0 Å². The first-order chi connectivity index (χ1) is 8.74. The molecule has 1 fully saturated rings. The summed E-state index contributed by atoms with van der Waals surface area (Å²) in [5.41, 5.74) is 1.08. The minimum Gasteiger partial charge on any atom is -0.462 e. The maximum atomic E-state index is 12.0. The molecule has 0 unspecified atom stereocenters. The van der Waals surface area contributed by atoms with Crippen molar-refractivity contribution < 1.29 is 14.3 Å². The van der Waals surface area contributed by atoms with E-state index in [-0.39, 0.29) is 6.04 Å². The quantitative estimate of drug-likeness (QED) is 0.562. The molecule has 18 heavy (non-hydrogen) atoms. The standard InChI is InChI=1S/C14H17NO3/c1-18-14(17)13(16)15-10-6-5-9-12(15)11-7-3-2-4-8-11/h2-4,7-8,12H,5-6,9-10H2,1H3/t12-/m0/s1. The molecule has 1 aromatic rings. The third kappa shape index (κ3) is 2.53. The summed E-state index contributed by atoms with van der Waals surface area (Å²) >= 11 is 0. The number of amides is 1.